The van der Waals surface area contributed by atoms with Gasteiger partial charge in [0.1, 0.15) is 0 Å². The number of pyridine rings is 2. The van der Waals surface area contributed by atoms with Gasteiger partial charge in [0.25, 0.3) is 5.91 Å². The van der Waals surface area contributed by atoms with E-state index in [-0.39, 0.29) is 12.7 Å². The number of ether oxygens (including phenoxy) is 2. The quantitative estimate of drug-likeness (QED) is 0.382. The summed E-state index contributed by atoms with van der Waals surface area (Å²) < 4.78 is 10.6. The van der Waals surface area contributed by atoms with Crippen LogP contribution in [0.5, 0.6) is 11.5 Å². The van der Waals surface area contributed by atoms with Crippen molar-refractivity contribution in [1.82, 2.24) is 15.4 Å². The predicted octanol–water partition coefficient (Wildman–Crippen LogP) is 4.44. The number of carbonyl (C=O) groups excluding carboxylic acids is 1. The molecule has 0 spiro atoms. The van der Waals surface area contributed by atoms with Gasteiger partial charge in [-0.3, -0.25) is 9.78 Å². The molecule has 1 N–H and O–H groups in total. The molecule has 0 bridgehead atoms. The Morgan fingerprint density at radius 3 is 2.68 bits per heavy atom. The van der Waals surface area contributed by atoms with Gasteiger partial charge in [0.05, 0.1) is 28.0 Å². The molecule has 2 aromatic carbocycles. The SMILES string of the molecule is O=C(N/N=C/c1cc2c(cc1Cl)OCO2)c1cc(-c2ccncc2)nc2ccccc12. The fraction of sp³-hybridized carbons (Fsp3) is 0.0435. The molecule has 0 aliphatic carbocycles. The number of nitrogens with zero attached hydrogens (tertiary/aromatic N) is 3. The zero-order chi connectivity index (χ0) is 21.2. The van der Waals surface area contributed by atoms with Gasteiger partial charge in [-0.2, -0.15) is 5.10 Å². The monoisotopic (exact) mass is 430 g/mol. The van der Waals surface area contributed by atoms with Crippen molar-refractivity contribution in [1.29, 1.82) is 0 Å². The summed E-state index contributed by atoms with van der Waals surface area (Å²) in [4.78, 5) is 21.7. The highest BCUT2D eigenvalue weighted by Gasteiger charge is 2.16. The Labute approximate surface area is 182 Å². The maximum absolute atomic E-state index is 13.0. The van der Waals surface area contributed by atoms with Crippen molar-refractivity contribution in [3.63, 3.8) is 0 Å². The molecule has 0 atom stereocenters. The summed E-state index contributed by atoms with van der Waals surface area (Å²) in [6.45, 7) is 0.151. The summed E-state index contributed by atoms with van der Waals surface area (Å²) in [5, 5.41) is 5.25. The summed E-state index contributed by atoms with van der Waals surface area (Å²) in [6, 6.07) is 16.3. The number of benzene rings is 2. The first-order valence-electron chi connectivity index (χ1n) is 9.42. The largest absolute Gasteiger partial charge is 0.454 e. The average Bonchev–Trinajstić information content (AvgIpc) is 3.26. The number of para-hydroxylation sites is 1. The van der Waals surface area contributed by atoms with Gasteiger partial charge in [-0.1, -0.05) is 29.8 Å². The van der Waals surface area contributed by atoms with Crippen molar-refractivity contribution in [3.8, 4) is 22.8 Å². The highest BCUT2D eigenvalue weighted by molar-refractivity contribution is 6.33. The first-order valence-corrected chi connectivity index (χ1v) is 9.79. The Bertz CT molecular complexity index is 1330. The van der Waals surface area contributed by atoms with Crippen LogP contribution in [-0.4, -0.2) is 28.9 Å². The van der Waals surface area contributed by atoms with Gasteiger partial charge in [0.15, 0.2) is 11.5 Å². The molecule has 0 unspecified atom stereocenters. The fourth-order valence-corrected chi connectivity index (χ4v) is 3.49. The molecule has 3 heterocycles. The second-order valence-corrected chi connectivity index (χ2v) is 7.14. The van der Waals surface area contributed by atoms with Crippen molar-refractivity contribution in [2.75, 3.05) is 6.79 Å². The van der Waals surface area contributed by atoms with E-state index in [1.807, 2.05) is 36.4 Å². The van der Waals surface area contributed by atoms with Crippen LogP contribution in [0, 0.1) is 0 Å². The number of nitrogens with one attached hydrogen (secondary N) is 1. The van der Waals surface area contributed by atoms with Gasteiger partial charge in [-0.15, -0.1) is 0 Å². The molecule has 1 aliphatic rings. The van der Waals surface area contributed by atoms with Crippen LogP contribution in [0.4, 0.5) is 0 Å². The molecule has 8 heteroatoms. The van der Waals surface area contributed by atoms with Gasteiger partial charge in [-0.25, -0.2) is 10.4 Å². The fourth-order valence-electron chi connectivity index (χ4n) is 3.29. The maximum Gasteiger partial charge on any atom is 0.272 e. The summed E-state index contributed by atoms with van der Waals surface area (Å²) in [5.41, 5.74) is 5.89. The Morgan fingerprint density at radius 2 is 1.84 bits per heavy atom. The van der Waals surface area contributed by atoms with E-state index in [9.17, 15) is 4.79 Å². The van der Waals surface area contributed by atoms with E-state index in [4.69, 9.17) is 21.1 Å². The van der Waals surface area contributed by atoms with Crippen LogP contribution in [0.25, 0.3) is 22.2 Å². The summed E-state index contributed by atoms with van der Waals surface area (Å²) in [7, 11) is 0. The lowest BCUT2D eigenvalue weighted by molar-refractivity contribution is 0.0956. The highest BCUT2D eigenvalue weighted by Crippen LogP contribution is 2.36. The Kier molecular flexibility index (Phi) is 4.93. The number of amides is 1. The topological polar surface area (TPSA) is 85.7 Å². The summed E-state index contributed by atoms with van der Waals surface area (Å²) >= 11 is 6.25. The lowest BCUT2D eigenvalue weighted by atomic mass is 10.0. The molecule has 2 aromatic heterocycles. The molecule has 1 amide bonds. The van der Waals surface area contributed by atoms with Gasteiger partial charge < -0.3 is 9.47 Å². The molecule has 152 valence electrons. The van der Waals surface area contributed by atoms with Crippen molar-refractivity contribution >= 4 is 34.6 Å². The molecule has 0 radical (unpaired) electrons. The number of hydrogen-bond acceptors (Lipinski definition) is 6. The van der Waals surface area contributed by atoms with Crippen LogP contribution >= 0.6 is 11.6 Å². The van der Waals surface area contributed by atoms with E-state index in [2.05, 4.69) is 20.5 Å². The standard InChI is InChI=1S/C23H15ClN4O3/c24-18-11-22-21(30-13-31-22)9-15(18)12-26-28-23(29)17-10-20(14-5-7-25-8-6-14)27-19-4-2-1-3-16(17)19/h1-12H,13H2,(H,28,29)/b26-12+. The van der Waals surface area contributed by atoms with Gasteiger partial charge >= 0.3 is 0 Å². The smallest absolute Gasteiger partial charge is 0.272 e. The Morgan fingerprint density at radius 1 is 1.06 bits per heavy atom. The van der Waals surface area contributed by atoms with Gasteiger partial charge in [0.2, 0.25) is 6.79 Å². The minimum absolute atomic E-state index is 0.151. The van der Waals surface area contributed by atoms with Crippen molar-refractivity contribution in [2.24, 2.45) is 5.10 Å². The normalized spacial score (nSPS) is 12.4. The van der Waals surface area contributed by atoms with E-state index in [1.54, 1.807) is 30.6 Å². The first kappa shape index (κ1) is 19.0. The molecular weight excluding hydrogens is 416 g/mol. The van der Waals surface area contributed by atoms with Crippen molar-refractivity contribution < 1.29 is 14.3 Å². The molecule has 4 aromatic rings. The number of carbonyl (C=O) groups is 1. The van der Waals surface area contributed by atoms with Gasteiger partial charge in [0, 0.05) is 35.0 Å². The molecule has 1 aliphatic heterocycles. The number of halogens is 1. The Hall–Kier alpha value is -3.97. The zero-order valence-electron chi connectivity index (χ0n) is 16.1. The molecule has 0 saturated carbocycles. The molecular formula is C23H15ClN4O3. The van der Waals surface area contributed by atoms with Crippen molar-refractivity contribution in [3.05, 3.63) is 83.1 Å². The minimum atomic E-state index is -0.359. The van der Waals surface area contributed by atoms with Crippen LogP contribution in [0.15, 0.2) is 72.1 Å². The number of hydrazone groups is 1. The van der Waals surface area contributed by atoms with Gasteiger partial charge in [-0.05, 0) is 30.3 Å². The van der Waals surface area contributed by atoms with E-state index < -0.39 is 0 Å². The number of hydrogen-bond donors (Lipinski definition) is 1. The molecule has 31 heavy (non-hydrogen) atoms. The van der Waals surface area contributed by atoms with E-state index >= 15 is 0 Å². The van der Waals surface area contributed by atoms with Crippen LogP contribution < -0.4 is 14.9 Å². The lowest BCUT2D eigenvalue weighted by Gasteiger charge is -2.09. The molecule has 7 nitrogen and oxygen atoms in total. The molecule has 0 fully saturated rings. The lowest BCUT2D eigenvalue weighted by Crippen LogP contribution is -2.18. The first-order chi connectivity index (χ1) is 15.2. The van der Waals surface area contributed by atoms with Crippen LogP contribution in [-0.2, 0) is 0 Å². The second kappa shape index (κ2) is 8.04. The predicted molar refractivity (Wildman–Crippen MR) is 118 cm³/mol. The average molecular weight is 431 g/mol. The third-order valence-electron chi connectivity index (χ3n) is 4.80. The number of aromatic nitrogens is 2. The number of rotatable bonds is 4. The highest BCUT2D eigenvalue weighted by atomic mass is 35.5. The van der Waals surface area contributed by atoms with E-state index in [0.29, 0.717) is 38.9 Å². The summed E-state index contributed by atoms with van der Waals surface area (Å²) in [6.07, 6.45) is 4.84. The minimum Gasteiger partial charge on any atom is -0.454 e. The van der Waals surface area contributed by atoms with Crippen LogP contribution in [0.2, 0.25) is 5.02 Å². The van der Waals surface area contributed by atoms with E-state index in [0.717, 1.165) is 10.9 Å². The van der Waals surface area contributed by atoms with Crippen LogP contribution in [0.1, 0.15) is 15.9 Å². The Balaban J connectivity index is 1.45. The zero-order valence-corrected chi connectivity index (χ0v) is 16.8. The van der Waals surface area contributed by atoms with E-state index in [1.165, 1.54) is 6.21 Å². The molecule has 5 rings (SSSR count). The maximum atomic E-state index is 13.0. The molecule has 0 saturated heterocycles. The summed E-state index contributed by atoms with van der Waals surface area (Å²) in [5.74, 6) is 0.805. The second-order valence-electron chi connectivity index (χ2n) is 6.73. The third-order valence-corrected chi connectivity index (χ3v) is 5.13. The third kappa shape index (κ3) is 3.78. The van der Waals surface area contributed by atoms with Crippen molar-refractivity contribution in [2.45, 2.75) is 0 Å². The number of fused-ring (bicyclic) bond motifs is 2. The van der Waals surface area contributed by atoms with Crippen LogP contribution in [0.3, 0.4) is 0 Å².